The number of thiocarbonyl (C=S) groups is 1. The number of nitrogens with zero attached hydrogens (tertiary/aromatic N) is 1. The van der Waals surface area contributed by atoms with Gasteiger partial charge in [-0.3, -0.25) is 0 Å². The zero-order chi connectivity index (χ0) is 13.0. The number of hydrogen-bond donors (Lipinski definition) is 1. The minimum absolute atomic E-state index is 0.614. The first-order chi connectivity index (χ1) is 8.72. The third kappa shape index (κ3) is 3.02. The number of likely N-dealkylation sites (tertiary alicyclic amines) is 1. The van der Waals surface area contributed by atoms with Gasteiger partial charge in [0.25, 0.3) is 0 Å². The van der Waals surface area contributed by atoms with Crippen molar-refractivity contribution in [2.24, 2.45) is 0 Å². The van der Waals surface area contributed by atoms with E-state index >= 15 is 0 Å². The Kier molecular flexibility index (Phi) is 4.59. The quantitative estimate of drug-likeness (QED) is 0.812. The van der Waals surface area contributed by atoms with Crippen molar-refractivity contribution >= 4 is 23.0 Å². The molecule has 0 amide bonds. The Morgan fingerprint density at radius 3 is 2.89 bits per heavy atom. The SMILES string of the molecule is CC[C@H]1CCCCN1C(=S)Nc1ccccc1C. The Morgan fingerprint density at radius 2 is 2.17 bits per heavy atom. The first-order valence-corrected chi connectivity index (χ1v) is 7.26. The second kappa shape index (κ2) is 6.19. The van der Waals surface area contributed by atoms with Crippen molar-refractivity contribution < 1.29 is 0 Å². The van der Waals surface area contributed by atoms with Crippen LogP contribution in [0.4, 0.5) is 5.69 Å². The van der Waals surface area contributed by atoms with Crippen molar-refractivity contribution in [2.45, 2.75) is 45.6 Å². The molecule has 1 N–H and O–H groups in total. The van der Waals surface area contributed by atoms with E-state index in [0.29, 0.717) is 6.04 Å². The molecular weight excluding hydrogens is 240 g/mol. The summed E-state index contributed by atoms with van der Waals surface area (Å²) >= 11 is 5.57. The summed E-state index contributed by atoms with van der Waals surface area (Å²) in [5.41, 5.74) is 2.37. The van der Waals surface area contributed by atoms with E-state index in [1.807, 2.05) is 6.07 Å². The predicted molar refractivity (Wildman–Crippen MR) is 82.0 cm³/mol. The molecule has 1 atom stereocenters. The Balaban J connectivity index is 2.05. The summed E-state index contributed by atoms with van der Waals surface area (Å²) in [6, 6.07) is 8.92. The second-order valence-corrected chi connectivity index (χ2v) is 5.38. The molecule has 1 aliphatic rings. The highest BCUT2D eigenvalue weighted by Gasteiger charge is 2.22. The molecule has 1 fully saturated rings. The van der Waals surface area contributed by atoms with Crippen molar-refractivity contribution in [2.75, 3.05) is 11.9 Å². The largest absolute Gasteiger partial charge is 0.346 e. The zero-order valence-electron chi connectivity index (χ0n) is 11.3. The third-order valence-corrected chi connectivity index (χ3v) is 4.08. The van der Waals surface area contributed by atoms with Crippen LogP contribution in [0.1, 0.15) is 38.2 Å². The van der Waals surface area contributed by atoms with E-state index in [0.717, 1.165) is 17.3 Å². The summed E-state index contributed by atoms with van der Waals surface area (Å²) in [6.45, 7) is 5.45. The molecule has 1 aromatic carbocycles. The number of anilines is 1. The molecule has 0 aromatic heterocycles. The minimum Gasteiger partial charge on any atom is -0.346 e. The summed E-state index contributed by atoms with van der Waals surface area (Å²) in [7, 11) is 0. The van der Waals surface area contributed by atoms with Crippen LogP contribution in [-0.2, 0) is 0 Å². The number of para-hydroxylation sites is 1. The molecule has 1 heterocycles. The molecule has 0 radical (unpaired) electrons. The van der Waals surface area contributed by atoms with E-state index in [1.54, 1.807) is 0 Å². The van der Waals surface area contributed by atoms with Crippen molar-refractivity contribution in [1.29, 1.82) is 0 Å². The van der Waals surface area contributed by atoms with E-state index in [2.05, 4.69) is 42.3 Å². The number of benzene rings is 1. The summed E-state index contributed by atoms with van der Waals surface area (Å²) in [5.74, 6) is 0. The van der Waals surface area contributed by atoms with Crippen molar-refractivity contribution in [3.63, 3.8) is 0 Å². The lowest BCUT2D eigenvalue weighted by Gasteiger charge is -2.37. The molecule has 0 unspecified atom stereocenters. The Labute approximate surface area is 115 Å². The molecule has 0 spiro atoms. The lowest BCUT2D eigenvalue weighted by molar-refractivity contribution is 0.239. The summed E-state index contributed by atoms with van der Waals surface area (Å²) < 4.78 is 0. The lowest BCUT2D eigenvalue weighted by atomic mass is 10.0. The van der Waals surface area contributed by atoms with Gasteiger partial charge >= 0.3 is 0 Å². The van der Waals surface area contributed by atoms with Gasteiger partial charge in [0.1, 0.15) is 0 Å². The molecule has 2 nitrogen and oxygen atoms in total. The summed E-state index contributed by atoms with van der Waals surface area (Å²) in [4.78, 5) is 2.37. The van der Waals surface area contributed by atoms with Gasteiger partial charge in [-0.15, -0.1) is 0 Å². The van der Waals surface area contributed by atoms with Crippen LogP contribution in [0.5, 0.6) is 0 Å². The van der Waals surface area contributed by atoms with E-state index in [4.69, 9.17) is 12.2 Å². The molecule has 1 aromatic rings. The van der Waals surface area contributed by atoms with Gasteiger partial charge in [0.05, 0.1) is 0 Å². The van der Waals surface area contributed by atoms with E-state index in [-0.39, 0.29) is 0 Å². The highest BCUT2D eigenvalue weighted by Crippen LogP contribution is 2.21. The molecule has 1 aliphatic heterocycles. The van der Waals surface area contributed by atoms with Gasteiger partial charge in [-0.25, -0.2) is 0 Å². The minimum atomic E-state index is 0.614. The number of aryl methyl sites for hydroxylation is 1. The monoisotopic (exact) mass is 262 g/mol. The fourth-order valence-corrected chi connectivity index (χ4v) is 2.94. The molecule has 1 saturated heterocycles. The maximum absolute atomic E-state index is 5.57. The maximum atomic E-state index is 5.57. The molecule has 18 heavy (non-hydrogen) atoms. The zero-order valence-corrected chi connectivity index (χ0v) is 12.1. The number of piperidine rings is 1. The average molecular weight is 262 g/mol. The number of hydrogen-bond acceptors (Lipinski definition) is 1. The van der Waals surface area contributed by atoms with Gasteiger partial charge in [0.15, 0.2) is 5.11 Å². The van der Waals surface area contributed by atoms with Crippen LogP contribution in [0.3, 0.4) is 0 Å². The van der Waals surface area contributed by atoms with Crippen LogP contribution in [0, 0.1) is 6.92 Å². The molecule has 2 rings (SSSR count). The second-order valence-electron chi connectivity index (χ2n) is 5.00. The van der Waals surface area contributed by atoms with E-state index < -0.39 is 0 Å². The van der Waals surface area contributed by atoms with Gasteiger partial charge in [0, 0.05) is 18.3 Å². The van der Waals surface area contributed by atoms with E-state index in [1.165, 1.54) is 31.2 Å². The van der Waals surface area contributed by atoms with Crippen LogP contribution >= 0.6 is 12.2 Å². The lowest BCUT2D eigenvalue weighted by Crippen LogP contribution is -2.45. The van der Waals surface area contributed by atoms with Gasteiger partial charge in [-0.05, 0) is 56.5 Å². The standard InChI is InChI=1S/C15H22N2S/c1-3-13-9-6-7-11-17(13)15(18)16-14-10-5-4-8-12(14)2/h4-5,8,10,13H,3,6-7,9,11H2,1-2H3,(H,16,18)/t13-/m0/s1. The average Bonchev–Trinajstić information content (AvgIpc) is 2.41. The normalized spacial score (nSPS) is 19.7. The predicted octanol–water partition coefficient (Wildman–Crippen LogP) is 3.96. The third-order valence-electron chi connectivity index (χ3n) is 3.75. The highest BCUT2D eigenvalue weighted by molar-refractivity contribution is 7.80. The van der Waals surface area contributed by atoms with Crippen LogP contribution < -0.4 is 5.32 Å². The van der Waals surface area contributed by atoms with Crippen molar-refractivity contribution in [1.82, 2.24) is 4.90 Å². The van der Waals surface area contributed by atoms with Gasteiger partial charge in [-0.2, -0.15) is 0 Å². The maximum Gasteiger partial charge on any atom is 0.173 e. The number of nitrogens with one attached hydrogen (secondary N) is 1. The Hall–Kier alpha value is -1.09. The first kappa shape index (κ1) is 13.3. The van der Waals surface area contributed by atoms with Gasteiger partial charge < -0.3 is 10.2 Å². The number of rotatable bonds is 2. The summed E-state index contributed by atoms with van der Waals surface area (Å²) in [5, 5.41) is 4.29. The van der Waals surface area contributed by atoms with Crippen molar-refractivity contribution in [3.05, 3.63) is 29.8 Å². The molecule has 0 saturated carbocycles. The van der Waals surface area contributed by atoms with Gasteiger partial charge in [-0.1, -0.05) is 25.1 Å². The molecule has 0 bridgehead atoms. The molecular formula is C15H22N2S. The topological polar surface area (TPSA) is 15.3 Å². The molecule has 98 valence electrons. The van der Waals surface area contributed by atoms with Crippen LogP contribution in [0.25, 0.3) is 0 Å². The van der Waals surface area contributed by atoms with Gasteiger partial charge in [0.2, 0.25) is 0 Å². The Bertz CT molecular complexity index is 417. The van der Waals surface area contributed by atoms with E-state index in [9.17, 15) is 0 Å². The molecule has 0 aliphatic carbocycles. The first-order valence-electron chi connectivity index (χ1n) is 6.85. The Morgan fingerprint density at radius 1 is 1.39 bits per heavy atom. The smallest absolute Gasteiger partial charge is 0.173 e. The fourth-order valence-electron chi connectivity index (χ4n) is 2.59. The fraction of sp³-hybridized carbons (Fsp3) is 0.533. The summed E-state index contributed by atoms with van der Waals surface area (Å²) in [6.07, 6.45) is 5.04. The van der Waals surface area contributed by atoms with Crippen LogP contribution in [-0.4, -0.2) is 22.6 Å². The molecule has 3 heteroatoms. The van der Waals surface area contributed by atoms with Crippen molar-refractivity contribution in [3.8, 4) is 0 Å². The van der Waals surface area contributed by atoms with Crippen LogP contribution in [0.2, 0.25) is 0 Å². The van der Waals surface area contributed by atoms with Crippen LogP contribution in [0.15, 0.2) is 24.3 Å². The highest BCUT2D eigenvalue weighted by atomic mass is 32.1.